The van der Waals surface area contributed by atoms with Crippen LogP contribution in [0.4, 0.5) is 11.4 Å². The lowest BCUT2D eigenvalue weighted by Crippen LogP contribution is -2.21. The number of nitrogens with one attached hydrogen (secondary N) is 2. The molecule has 2 aromatic carbocycles. The number of hydrogen-bond donors (Lipinski definition) is 3. The number of rotatable bonds is 8. The van der Waals surface area contributed by atoms with E-state index in [1.165, 1.54) is 7.11 Å². The van der Waals surface area contributed by atoms with Crippen molar-refractivity contribution in [2.75, 3.05) is 37.3 Å². The summed E-state index contributed by atoms with van der Waals surface area (Å²) in [6.07, 6.45) is -0.647. The number of alkyl halides is 1. The Balaban J connectivity index is 2.08. The Morgan fingerprint density at radius 1 is 1.12 bits per heavy atom. The van der Waals surface area contributed by atoms with Crippen LogP contribution in [-0.4, -0.2) is 43.8 Å². The van der Waals surface area contributed by atoms with Gasteiger partial charge in [-0.1, -0.05) is 6.07 Å². The van der Waals surface area contributed by atoms with Gasteiger partial charge in [0.2, 0.25) is 0 Å². The molecule has 0 saturated heterocycles. The molecule has 0 bridgehead atoms. The predicted octanol–water partition coefficient (Wildman–Crippen LogP) is 2.97. The molecule has 1 amide bonds. The first kappa shape index (κ1) is 18.9. The highest BCUT2D eigenvalue weighted by Crippen LogP contribution is 2.30. The molecule has 0 aliphatic rings. The lowest BCUT2D eigenvalue weighted by atomic mass is 10.1. The van der Waals surface area contributed by atoms with Crippen LogP contribution in [0.1, 0.15) is 10.4 Å². The average Bonchev–Trinajstić information content (AvgIpc) is 2.66. The number of benzene rings is 2. The lowest BCUT2D eigenvalue weighted by molar-refractivity contribution is 0.102. The molecular formula is C18H21ClN2O4. The largest absolute Gasteiger partial charge is 0.493 e. The summed E-state index contributed by atoms with van der Waals surface area (Å²) in [6.45, 7) is 0.310. The Kier molecular flexibility index (Phi) is 6.91. The van der Waals surface area contributed by atoms with Crippen LogP contribution in [0.3, 0.4) is 0 Å². The minimum atomic E-state index is -0.647. The predicted molar refractivity (Wildman–Crippen MR) is 99.2 cm³/mol. The van der Waals surface area contributed by atoms with E-state index >= 15 is 0 Å². The van der Waals surface area contributed by atoms with E-state index < -0.39 is 6.10 Å². The van der Waals surface area contributed by atoms with Gasteiger partial charge in [0.05, 0.1) is 26.2 Å². The molecule has 0 saturated carbocycles. The Morgan fingerprint density at radius 2 is 1.88 bits per heavy atom. The molecule has 2 aromatic rings. The lowest BCUT2D eigenvalue weighted by Gasteiger charge is -2.12. The third-order valence-electron chi connectivity index (χ3n) is 3.49. The summed E-state index contributed by atoms with van der Waals surface area (Å²) in [5.74, 6) is 1.01. The number of carbonyl (C=O) groups is 1. The van der Waals surface area contributed by atoms with E-state index in [4.69, 9.17) is 21.1 Å². The molecule has 0 spiro atoms. The molecule has 7 heteroatoms. The molecule has 6 nitrogen and oxygen atoms in total. The highest BCUT2D eigenvalue weighted by Gasteiger charge is 2.10. The molecule has 25 heavy (non-hydrogen) atoms. The molecule has 2 rings (SSSR count). The number of aliphatic hydroxyl groups is 1. The first-order chi connectivity index (χ1) is 12.1. The highest BCUT2D eigenvalue weighted by molar-refractivity contribution is 6.18. The monoisotopic (exact) mass is 364 g/mol. The Hall–Kier alpha value is -2.44. The fraction of sp³-hybridized carbons (Fsp3) is 0.278. The number of hydrogen-bond acceptors (Lipinski definition) is 5. The molecule has 134 valence electrons. The topological polar surface area (TPSA) is 79.8 Å². The van der Waals surface area contributed by atoms with E-state index in [0.29, 0.717) is 29.3 Å². The number of carbonyl (C=O) groups excluding carboxylic acids is 1. The van der Waals surface area contributed by atoms with Gasteiger partial charge in [-0.05, 0) is 30.3 Å². The number of halogens is 1. The minimum absolute atomic E-state index is 0.145. The molecule has 1 atom stereocenters. The van der Waals surface area contributed by atoms with Gasteiger partial charge in [-0.15, -0.1) is 11.6 Å². The Bertz CT molecular complexity index is 724. The van der Waals surface area contributed by atoms with Gasteiger partial charge < -0.3 is 25.2 Å². The summed E-state index contributed by atoms with van der Waals surface area (Å²) in [5, 5.41) is 15.3. The molecule has 0 aliphatic heterocycles. The van der Waals surface area contributed by atoms with Crippen LogP contribution in [0.5, 0.6) is 11.5 Å². The maximum Gasteiger partial charge on any atom is 0.255 e. The van der Waals surface area contributed by atoms with Gasteiger partial charge in [-0.25, -0.2) is 0 Å². The zero-order valence-corrected chi connectivity index (χ0v) is 14.8. The average molecular weight is 365 g/mol. The van der Waals surface area contributed by atoms with Crippen molar-refractivity contribution in [2.45, 2.75) is 6.10 Å². The first-order valence-electron chi connectivity index (χ1n) is 7.68. The summed E-state index contributed by atoms with van der Waals surface area (Å²) >= 11 is 5.56. The van der Waals surface area contributed by atoms with Gasteiger partial charge in [-0.2, -0.15) is 0 Å². The SMILES string of the molecule is COc1ccc(NC(=O)c2cccc(NCC(O)CCl)c2)cc1OC. The molecule has 0 aromatic heterocycles. The molecule has 0 heterocycles. The van der Waals surface area contributed by atoms with Crippen LogP contribution < -0.4 is 20.1 Å². The van der Waals surface area contributed by atoms with Crippen LogP contribution in [0.15, 0.2) is 42.5 Å². The van der Waals surface area contributed by atoms with Gasteiger partial charge in [0.1, 0.15) is 0 Å². The van der Waals surface area contributed by atoms with Gasteiger partial charge in [0.25, 0.3) is 5.91 Å². The number of aliphatic hydroxyl groups excluding tert-OH is 1. The van der Waals surface area contributed by atoms with Crippen LogP contribution in [0.25, 0.3) is 0 Å². The fourth-order valence-electron chi connectivity index (χ4n) is 2.18. The van der Waals surface area contributed by atoms with E-state index in [2.05, 4.69) is 10.6 Å². The number of ether oxygens (including phenoxy) is 2. The third kappa shape index (κ3) is 5.27. The zero-order valence-electron chi connectivity index (χ0n) is 14.1. The summed E-state index contributed by atoms with van der Waals surface area (Å²) < 4.78 is 10.4. The molecule has 0 fully saturated rings. The first-order valence-corrected chi connectivity index (χ1v) is 8.22. The molecule has 3 N–H and O–H groups in total. The molecule has 0 radical (unpaired) electrons. The second kappa shape index (κ2) is 9.15. The Labute approximate surface area is 151 Å². The van der Waals surface area contributed by atoms with Crippen molar-refractivity contribution in [3.63, 3.8) is 0 Å². The maximum atomic E-state index is 12.4. The van der Waals surface area contributed by atoms with Crippen molar-refractivity contribution >= 4 is 28.9 Å². The quantitative estimate of drug-likeness (QED) is 0.627. The Morgan fingerprint density at radius 3 is 2.56 bits per heavy atom. The van der Waals surface area contributed by atoms with E-state index in [0.717, 1.165) is 5.69 Å². The highest BCUT2D eigenvalue weighted by atomic mass is 35.5. The fourth-order valence-corrected chi connectivity index (χ4v) is 2.29. The molecular weight excluding hydrogens is 344 g/mol. The molecule has 0 aliphatic carbocycles. The smallest absolute Gasteiger partial charge is 0.255 e. The standard InChI is InChI=1S/C18H21ClN2O4/c1-24-16-7-6-14(9-17(16)25-2)21-18(23)12-4-3-5-13(8-12)20-11-15(22)10-19/h3-9,15,20,22H,10-11H2,1-2H3,(H,21,23). The second-order valence-corrected chi connectivity index (χ2v) is 5.60. The van der Waals surface area contributed by atoms with Crippen LogP contribution in [0, 0.1) is 0 Å². The summed E-state index contributed by atoms with van der Waals surface area (Å²) in [7, 11) is 3.09. The summed E-state index contributed by atoms with van der Waals surface area (Å²) in [6, 6.07) is 12.1. The van der Waals surface area contributed by atoms with Gasteiger partial charge in [-0.3, -0.25) is 4.79 Å². The minimum Gasteiger partial charge on any atom is -0.493 e. The molecule has 1 unspecified atom stereocenters. The van der Waals surface area contributed by atoms with E-state index in [9.17, 15) is 9.90 Å². The van der Waals surface area contributed by atoms with Crippen molar-refractivity contribution in [2.24, 2.45) is 0 Å². The maximum absolute atomic E-state index is 12.4. The van der Waals surface area contributed by atoms with Crippen LogP contribution >= 0.6 is 11.6 Å². The zero-order chi connectivity index (χ0) is 18.2. The summed E-state index contributed by atoms with van der Waals surface area (Å²) in [5.41, 5.74) is 1.81. The normalized spacial score (nSPS) is 11.5. The third-order valence-corrected chi connectivity index (χ3v) is 3.84. The van der Waals surface area contributed by atoms with Crippen LogP contribution in [0.2, 0.25) is 0 Å². The van der Waals surface area contributed by atoms with Gasteiger partial charge in [0.15, 0.2) is 11.5 Å². The second-order valence-electron chi connectivity index (χ2n) is 5.29. The van der Waals surface area contributed by atoms with Crippen LogP contribution in [-0.2, 0) is 0 Å². The number of methoxy groups -OCH3 is 2. The summed E-state index contributed by atoms with van der Waals surface area (Å²) in [4.78, 5) is 12.4. The van der Waals surface area contributed by atoms with Crippen molar-refractivity contribution in [3.8, 4) is 11.5 Å². The van der Waals surface area contributed by atoms with E-state index in [1.54, 1.807) is 43.5 Å². The van der Waals surface area contributed by atoms with E-state index in [-0.39, 0.29) is 11.8 Å². The number of anilines is 2. The van der Waals surface area contributed by atoms with Crippen molar-refractivity contribution in [3.05, 3.63) is 48.0 Å². The van der Waals surface area contributed by atoms with Gasteiger partial charge in [0, 0.05) is 29.5 Å². The van der Waals surface area contributed by atoms with Crippen molar-refractivity contribution < 1.29 is 19.4 Å². The van der Waals surface area contributed by atoms with E-state index in [1.807, 2.05) is 6.07 Å². The number of amides is 1. The van der Waals surface area contributed by atoms with Gasteiger partial charge >= 0.3 is 0 Å². The van der Waals surface area contributed by atoms with Crippen molar-refractivity contribution in [1.29, 1.82) is 0 Å². The van der Waals surface area contributed by atoms with Crippen molar-refractivity contribution in [1.82, 2.24) is 0 Å².